The van der Waals surface area contributed by atoms with Crippen LogP contribution in [0.15, 0.2) is 0 Å². The quantitative estimate of drug-likeness (QED) is 0.856. The first-order valence-electron chi connectivity index (χ1n) is 8.63. The summed E-state index contributed by atoms with van der Waals surface area (Å²) in [6, 6.07) is 0.321. The lowest BCUT2D eigenvalue weighted by Crippen LogP contribution is -2.48. The number of piperidine rings is 1. The molecule has 2 aliphatic rings. The molecule has 22 heavy (non-hydrogen) atoms. The van der Waals surface area contributed by atoms with Gasteiger partial charge < -0.3 is 19.9 Å². The van der Waals surface area contributed by atoms with Crippen molar-refractivity contribution < 1.29 is 14.3 Å². The van der Waals surface area contributed by atoms with Crippen LogP contribution in [0.5, 0.6) is 0 Å². The van der Waals surface area contributed by atoms with Gasteiger partial charge in [-0.25, -0.2) is 4.79 Å². The number of hydrogen-bond acceptors (Lipinski definition) is 4. The van der Waals surface area contributed by atoms with E-state index in [2.05, 4.69) is 5.32 Å². The maximum absolute atomic E-state index is 12.2. The van der Waals surface area contributed by atoms with Crippen LogP contribution in [-0.2, 0) is 9.53 Å². The third kappa shape index (κ3) is 5.16. The van der Waals surface area contributed by atoms with Crippen molar-refractivity contribution in [1.29, 1.82) is 0 Å². The summed E-state index contributed by atoms with van der Waals surface area (Å²) in [5.74, 6) is 0.217. The maximum atomic E-state index is 12.2. The van der Waals surface area contributed by atoms with Gasteiger partial charge in [-0.15, -0.1) is 0 Å². The Bertz CT molecular complexity index is 360. The smallest absolute Gasteiger partial charge is 0.409 e. The lowest BCUT2D eigenvalue weighted by atomic mass is 10.1. The summed E-state index contributed by atoms with van der Waals surface area (Å²) in [7, 11) is 0. The summed E-state index contributed by atoms with van der Waals surface area (Å²) in [6.07, 6.45) is 6.28. The maximum Gasteiger partial charge on any atom is 0.409 e. The third-order valence-electron chi connectivity index (χ3n) is 4.52. The topological polar surface area (TPSA) is 61.9 Å². The van der Waals surface area contributed by atoms with Crippen LogP contribution >= 0.6 is 0 Å². The van der Waals surface area contributed by atoms with Crippen LogP contribution < -0.4 is 5.32 Å². The molecule has 2 aliphatic heterocycles. The van der Waals surface area contributed by atoms with Crippen molar-refractivity contribution in [3.05, 3.63) is 0 Å². The standard InChI is InChI=1S/C16H29N3O3/c1-2-22-16(21)19-11-7-14(8-12-19)17-13-15(20)18-9-5-3-4-6-10-18/h14,17H,2-13H2,1H3. The van der Waals surface area contributed by atoms with Crippen molar-refractivity contribution in [2.45, 2.75) is 51.5 Å². The van der Waals surface area contributed by atoms with E-state index >= 15 is 0 Å². The molecule has 1 N–H and O–H groups in total. The Labute approximate surface area is 133 Å². The largest absolute Gasteiger partial charge is 0.450 e. The number of likely N-dealkylation sites (tertiary alicyclic amines) is 2. The molecule has 0 radical (unpaired) electrons. The van der Waals surface area contributed by atoms with Gasteiger partial charge in [0.1, 0.15) is 0 Å². The van der Waals surface area contributed by atoms with Crippen LogP contribution in [-0.4, -0.2) is 67.2 Å². The van der Waals surface area contributed by atoms with E-state index in [1.54, 1.807) is 4.90 Å². The van der Waals surface area contributed by atoms with Gasteiger partial charge in [0.15, 0.2) is 0 Å². The van der Waals surface area contributed by atoms with Crippen molar-refractivity contribution in [2.24, 2.45) is 0 Å². The molecule has 126 valence electrons. The highest BCUT2D eigenvalue weighted by Crippen LogP contribution is 2.12. The molecule has 2 heterocycles. The van der Waals surface area contributed by atoms with Crippen LogP contribution in [0.25, 0.3) is 0 Å². The fraction of sp³-hybridized carbons (Fsp3) is 0.875. The monoisotopic (exact) mass is 311 g/mol. The van der Waals surface area contributed by atoms with Crippen molar-refractivity contribution >= 4 is 12.0 Å². The van der Waals surface area contributed by atoms with Gasteiger partial charge in [-0.2, -0.15) is 0 Å². The molecular weight excluding hydrogens is 282 g/mol. The molecule has 0 bridgehead atoms. The van der Waals surface area contributed by atoms with Crippen LogP contribution in [0.1, 0.15) is 45.4 Å². The third-order valence-corrected chi connectivity index (χ3v) is 4.52. The Morgan fingerprint density at radius 2 is 1.64 bits per heavy atom. The fourth-order valence-electron chi connectivity index (χ4n) is 3.14. The second-order valence-electron chi connectivity index (χ2n) is 6.14. The average Bonchev–Trinajstić information content (AvgIpc) is 2.82. The van der Waals surface area contributed by atoms with Gasteiger partial charge in [0, 0.05) is 32.2 Å². The Balaban J connectivity index is 1.65. The summed E-state index contributed by atoms with van der Waals surface area (Å²) >= 11 is 0. The minimum Gasteiger partial charge on any atom is -0.450 e. The Morgan fingerprint density at radius 1 is 1.00 bits per heavy atom. The zero-order valence-corrected chi connectivity index (χ0v) is 13.7. The summed E-state index contributed by atoms with van der Waals surface area (Å²) in [5.41, 5.74) is 0. The van der Waals surface area contributed by atoms with E-state index in [4.69, 9.17) is 4.74 Å². The van der Waals surface area contributed by atoms with Gasteiger partial charge in [0.25, 0.3) is 0 Å². The minimum absolute atomic E-state index is 0.217. The Kier molecular flexibility index (Phi) is 6.96. The highest BCUT2D eigenvalue weighted by Gasteiger charge is 2.24. The molecule has 2 saturated heterocycles. The van der Waals surface area contributed by atoms with Gasteiger partial charge >= 0.3 is 6.09 Å². The molecule has 0 aliphatic carbocycles. The SMILES string of the molecule is CCOC(=O)N1CCC(NCC(=O)N2CCCCCC2)CC1. The molecule has 0 spiro atoms. The van der Waals surface area contributed by atoms with Gasteiger partial charge in [0.2, 0.25) is 5.91 Å². The van der Waals surface area contributed by atoms with Crippen molar-refractivity contribution in [2.75, 3.05) is 39.3 Å². The van der Waals surface area contributed by atoms with E-state index in [-0.39, 0.29) is 12.0 Å². The number of nitrogens with zero attached hydrogens (tertiary/aromatic N) is 2. The molecule has 0 saturated carbocycles. The highest BCUT2D eigenvalue weighted by molar-refractivity contribution is 5.78. The fourth-order valence-corrected chi connectivity index (χ4v) is 3.14. The highest BCUT2D eigenvalue weighted by atomic mass is 16.6. The molecule has 0 aromatic carbocycles. The first-order chi connectivity index (χ1) is 10.7. The van der Waals surface area contributed by atoms with Crippen LogP contribution in [0, 0.1) is 0 Å². The molecule has 6 heteroatoms. The molecule has 6 nitrogen and oxygen atoms in total. The average molecular weight is 311 g/mol. The van der Waals surface area contributed by atoms with Gasteiger partial charge in [0.05, 0.1) is 13.2 Å². The molecule has 0 atom stereocenters. The van der Waals surface area contributed by atoms with Crippen LogP contribution in [0.4, 0.5) is 4.79 Å². The van der Waals surface area contributed by atoms with Gasteiger partial charge in [-0.3, -0.25) is 4.79 Å². The number of ether oxygens (including phenoxy) is 1. The van der Waals surface area contributed by atoms with E-state index in [1.807, 2.05) is 11.8 Å². The number of hydrogen-bond donors (Lipinski definition) is 1. The van der Waals surface area contributed by atoms with Gasteiger partial charge in [-0.05, 0) is 32.6 Å². The first kappa shape index (κ1) is 17.1. The molecule has 2 fully saturated rings. The zero-order chi connectivity index (χ0) is 15.8. The van der Waals surface area contributed by atoms with Crippen molar-refractivity contribution in [3.8, 4) is 0 Å². The Hall–Kier alpha value is -1.30. The van der Waals surface area contributed by atoms with E-state index < -0.39 is 0 Å². The van der Waals surface area contributed by atoms with Crippen molar-refractivity contribution in [1.82, 2.24) is 15.1 Å². The summed E-state index contributed by atoms with van der Waals surface area (Å²) < 4.78 is 5.01. The summed E-state index contributed by atoms with van der Waals surface area (Å²) in [5, 5.41) is 3.36. The Morgan fingerprint density at radius 3 is 2.23 bits per heavy atom. The summed E-state index contributed by atoms with van der Waals surface area (Å²) in [6.45, 7) is 5.87. The van der Waals surface area contributed by atoms with Crippen LogP contribution in [0.2, 0.25) is 0 Å². The predicted octanol–water partition coefficient (Wildman–Crippen LogP) is 1.60. The van der Waals surface area contributed by atoms with E-state index in [1.165, 1.54) is 12.8 Å². The lowest BCUT2D eigenvalue weighted by Gasteiger charge is -2.32. The van der Waals surface area contributed by atoms with E-state index in [9.17, 15) is 9.59 Å². The molecule has 0 aromatic rings. The van der Waals surface area contributed by atoms with Crippen LogP contribution in [0.3, 0.4) is 0 Å². The second kappa shape index (κ2) is 8.98. The molecule has 0 aromatic heterocycles. The number of carbonyl (C=O) groups is 2. The number of nitrogens with one attached hydrogen (secondary N) is 1. The van der Waals surface area contributed by atoms with Crippen molar-refractivity contribution in [3.63, 3.8) is 0 Å². The second-order valence-corrected chi connectivity index (χ2v) is 6.14. The zero-order valence-electron chi connectivity index (χ0n) is 13.7. The van der Waals surface area contributed by atoms with Gasteiger partial charge in [-0.1, -0.05) is 12.8 Å². The van der Waals surface area contributed by atoms with E-state index in [0.717, 1.165) is 38.8 Å². The lowest BCUT2D eigenvalue weighted by molar-refractivity contribution is -0.130. The number of rotatable bonds is 4. The molecule has 0 unspecified atom stereocenters. The molecule has 2 rings (SSSR count). The molecule has 2 amide bonds. The number of carbonyl (C=O) groups excluding carboxylic acids is 2. The molecular formula is C16H29N3O3. The predicted molar refractivity (Wildman–Crippen MR) is 84.7 cm³/mol. The normalized spacial score (nSPS) is 20.6. The van der Waals surface area contributed by atoms with E-state index in [0.29, 0.717) is 32.3 Å². The summed E-state index contributed by atoms with van der Waals surface area (Å²) in [4.78, 5) is 27.6. The minimum atomic E-state index is -0.221. The first-order valence-corrected chi connectivity index (χ1v) is 8.63. The number of amides is 2.